The average Bonchev–Trinajstić information content (AvgIpc) is 2.73. The van der Waals surface area contributed by atoms with Gasteiger partial charge in [0.1, 0.15) is 5.69 Å². The smallest absolute Gasteiger partial charge is 0.293 e. The van der Waals surface area contributed by atoms with E-state index in [-0.39, 0.29) is 5.69 Å². The molecule has 0 bridgehead atoms. The Morgan fingerprint density at radius 2 is 2.22 bits per heavy atom. The van der Waals surface area contributed by atoms with E-state index < -0.39 is 4.92 Å². The number of hydrogen-bond donors (Lipinski definition) is 1. The molecule has 5 nitrogen and oxygen atoms in total. The van der Waals surface area contributed by atoms with Crippen molar-refractivity contribution in [3.63, 3.8) is 0 Å². The minimum atomic E-state index is -0.445. The fourth-order valence-electron chi connectivity index (χ4n) is 1.67. The van der Waals surface area contributed by atoms with Gasteiger partial charge in [-0.3, -0.25) is 10.1 Å². The van der Waals surface area contributed by atoms with Gasteiger partial charge in [0.2, 0.25) is 0 Å². The molecule has 0 unspecified atom stereocenters. The lowest BCUT2D eigenvalue weighted by Gasteiger charge is -2.08. The van der Waals surface area contributed by atoms with Gasteiger partial charge in [0, 0.05) is 30.0 Å². The van der Waals surface area contributed by atoms with E-state index in [4.69, 9.17) is 11.6 Å². The zero-order valence-electron chi connectivity index (χ0n) is 9.76. The molecular weight excluding hydrogens is 254 g/mol. The zero-order chi connectivity index (χ0) is 13.1. The molecule has 6 heteroatoms. The molecule has 2 rings (SSSR count). The van der Waals surface area contributed by atoms with Crippen LogP contribution in [0.3, 0.4) is 0 Å². The molecule has 94 valence electrons. The Hall–Kier alpha value is -2.01. The molecule has 0 aliphatic carbocycles. The topological polar surface area (TPSA) is 60.1 Å². The monoisotopic (exact) mass is 265 g/mol. The molecule has 0 amide bonds. The number of halogens is 1. The highest BCUT2D eigenvalue weighted by Crippen LogP contribution is 2.28. The van der Waals surface area contributed by atoms with Gasteiger partial charge in [0.25, 0.3) is 5.69 Å². The number of nitro groups is 1. The zero-order valence-corrected chi connectivity index (χ0v) is 10.5. The molecular formula is C12H12ClN3O2. The number of hydrogen-bond acceptors (Lipinski definition) is 3. The van der Waals surface area contributed by atoms with Crippen LogP contribution in [0, 0.1) is 10.1 Å². The molecule has 0 saturated carbocycles. The van der Waals surface area contributed by atoms with Gasteiger partial charge in [0.15, 0.2) is 0 Å². The predicted molar refractivity (Wildman–Crippen MR) is 70.8 cm³/mol. The number of nitrogens with zero attached hydrogens (tertiary/aromatic N) is 2. The standard InChI is InChI=1S/C12H12ClN3O2/c1-15-6-2-3-10(15)8-14-11-5-4-9(13)7-12(11)16(17)18/h2-7,14H,8H2,1H3. The van der Waals surface area contributed by atoms with Crippen LogP contribution in [0.25, 0.3) is 0 Å². The summed E-state index contributed by atoms with van der Waals surface area (Å²) < 4.78 is 1.95. The van der Waals surface area contributed by atoms with E-state index in [9.17, 15) is 10.1 Å². The van der Waals surface area contributed by atoms with E-state index >= 15 is 0 Å². The van der Waals surface area contributed by atoms with E-state index in [0.29, 0.717) is 17.3 Å². The van der Waals surface area contributed by atoms with Crippen molar-refractivity contribution in [2.75, 3.05) is 5.32 Å². The van der Waals surface area contributed by atoms with Gasteiger partial charge in [-0.15, -0.1) is 0 Å². The first-order valence-corrected chi connectivity index (χ1v) is 5.74. The second-order valence-corrected chi connectivity index (χ2v) is 4.32. The molecule has 2 aromatic rings. The van der Waals surface area contributed by atoms with Crippen LogP contribution in [-0.4, -0.2) is 9.49 Å². The lowest BCUT2D eigenvalue weighted by atomic mass is 10.2. The summed E-state index contributed by atoms with van der Waals surface area (Å²) >= 11 is 5.75. The van der Waals surface area contributed by atoms with Crippen molar-refractivity contribution in [3.05, 3.63) is 57.4 Å². The summed E-state index contributed by atoms with van der Waals surface area (Å²) in [5.74, 6) is 0. The van der Waals surface area contributed by atoms with Crippen molar-refractivity contribution in [1.29, 1.82) is 0 Å². The average molecular weight is 266 g/mol. The summed E-state index contributed by atoms with van der Waals surface area (Å²) in [6.45, 7) is 0.520. The highest BCUT2D eigenvalue weighted by molar-refractivity contribution is 6.30. The predicted octanol–water partition coefficient (Wildman–Crippen LogP) is 3.20. The first kappa shape index (κ1) is 12.4. The van der Waals surface area contributed by atoms with E-state index in [1.165, 1.54) is 6.07 Å². The van der Waals surface area contributed by atoms with Gasteiger partial charge in [-0.05, 0) is 24.3 Å². The number of nitrogens with one attached hydrogen (secondary N) is 1. The summed E-state index contributed by atoms with van der Waals surface area (Å²) in [6.07, 6.45) is 1.92. The summed E-state index contributed by atoms with van der Waals surface area (Å²) in [5.41, 5.74) is 1.49. The van der Waals surface area contributed by atoms with Crippen LogP contribution in [0.4, 0.5) is 11.4 Å². The molecule has 1 aromatic carbocycles. The van der Waals surface area contributed by atoms with Crippen LogP contribution >= 0.6 is 11.6 Å². The third-order valence-corrected chi connectivity index (χ3v) is 2.90. The lowest BCUT2D eigenvalue weighted by molar-refractivity contribution is -0.383. The van der Waals surface area contributed by atoms with E-state index in [0.717, 1.165) is 5.69 Å². The van der Waals surface area contributed by atoms with Gasteiger partial charge in [-0.2, -0.15) is 0 Å². The van der Waals surface area contributed by atoms with Crippen molar-refractivity contribution in [2.45, 2.75) is 6.54 Å². The van der Waals surface area contributed by atoms with Crippen LogP contribution in [0.5, 0.6) is 0 Å². The summed E-state index contributed by atoms with van der Waals surface area (Å²) in [6, 6.07) is 8.46. The van der Waals surface area contributed by atoms with E-state index in [1.54, 1.807) is 12.1 Å². The number of nitro benzene ring substituents is 1. The summed E-state index contributed by atoms with van der Waals surface area (Å²) in [7, 11) is 1.92. The molecule has 0 fully saturated rings. The van der Waals surface area contributed by atoms with Gasteiger partial charge in [-0.1, -0.05) is 11.6 Å². The molecule has 18 heavy (non-hydrogen) atoms. The van der Waals surface area contributed by atoms with Crippen LogP contribution in [-0.2, 0) is 13.6 Å². The van der Waals surface area contributed by atoms with Crippen molar-refractivity contribution >= 4 is 23.0 Å². The molecule has 0 saturated heterocycles. The number of benzene rings is 1. The molecule has 0 aliphatic rings. The molecule has 1 N–H and O–H groups in total. The quantitative estimate of drug-likeness (QED) is 0.682. The first-order chi connectivity index (χ1) is 8.58. The van der Waals surface area contributed by atoms with Crippen molar-refractivity contribution in [1.82, 2.24) is 4.57 Å². The van der Waals surface area contributed by atoms with E-state index in [2.05, 4.69) is 5.32 Å². The van der Waals surface area contributed by atoms with Gasteiger partial charge in [0.05, 0.1) is 11.5 Å². The van der Waals surface area contributed by atoms with Crippen molar-refractivity contribution < 1.29 is 4.92 Å². The Kier molecular flexibility index (Phi) is 3.53. The third kappa shape index (κ3) is 2.62. The van der Waals surface area contributed by atoms with Crippen LogP contribution in [0.2, 0.25) is 5.02 Å². The molecule has 1 heterocycles. The maximum Gasteiger partial charge on any atom is 0.293 e. The Morgan fingerprint density at radius 3 is 2.83 bits per heavy atom. The number of aryl methyl sites for hydroxylation is 1. The van der Waals surface area contributed by atoms with Gasteiger partial charge < -0.3 is 9.88 Å². The molecule has 0 radical (unpaired) electrons. The number of rotatable bonds is 4. The molecule has 1 aromatic heterocycles. The normalized spacial score (nSPS) is 10.3. The SMILES string of the molecule is Cn1cccc1CNc1ccc(Cl)cc1[N+](=O)[O-]. The highest BCUT2D eigenvalue weighted by atomic mass is 35.5. The number of anilines is 1. The first-order valence-electron chi connectivity index (χ1n) is 5.36. The Bertz CT molecular complexity index is 580. The Labute approximate surface area is 109 Å². The molecule has 0 aliphatic heterocycles. The lowest BCUT2D eigenvalue weighted by Crippen LogP contribution is -2.05. The minimum Gasteiger partial charge on any atom is -0.374 e. The van der Waals surface area contributed by atoms with Crippen LogP contribution < -0.4 is 5.32 Å². The third-order valence-electron chi connectivity index (χ3n) is 2.67. The highest BCUT2D eigenvalue weighted by Gasteiger charge is 2.14. The maximum atomic E-state index is 10.9. The summed E-state index contributed by atoms with van der Waals surface area (Å²) in [5, 5.41) is 14.3. The second-order valence-electron chi connectivity index (χ2n) is 3.88. The fraction of sp³-hybridized carbons (Fsp3) is 0.167. The molecule has 0 atom stereocenters. The van der Waals surface area contributed by atoms with E-state index in [1.807, 2.05) is 29.9 Å². The van der Waals surface area contributed by atoms with Crippen molar-refractivity contribution in [3.8, 4) is 0 Å². The van der Waals surface area contributed by atoms with Crippen LogP contribution in [0.15, 0.2) is 36.5 Å². The fourth-order valence-corrected chi connectivity index (χ4v) is 1.84. The number of aromatic nitrogens is 1. The van der Waals surface area contributed by atoms with Crippen molar-refractivity contribution in [2.24, 2.45) is 7.05 Å². The van der Waals surface area contributed by atoms with Gasteiger partial charge >= 0.3 is 0 Å². The Morgan fingerprint density at radius 1 is 1.44 bits per heavy atom. The largest absolute Gasteiger partial charge is 0.374 e. The van der Waals surface area contributed by atoms with Gasteiger partial charge in [-0.25, -0.2) is 0 Å². The summed E-state index contributed by atoms with van der Waals surface area (Å²) in [4.78, 5) is 10.5. The Balaban J connectivity index is 2.19. The minimum absolute atomic E-state index is 0.0169. The maximum absolute atomic E-state index is 10.9. The van der Waals surface area contributed by atoms with Crippen LogP contribution in [0.1, 0.15) is 5.69 Å². The second kappa shape index (κ2) is 5.10. The molecule has 0 spiro atoms.